The van der Waals surface area contributed by atoms with Crippen molar-refractivity contribution in [3.8, 4) is 0 Å². The molecule has 0 bridgehead atoms. The molecule has 8 N–H and O–H groups in total. The standard InChI is InChI=1S/C13H24N4O7S2/c1-5(19)9(17-10(20)6(14)3-25)12(22)15-7(2-18)11(21)16-8(4-26)13(23)24/h5-9,18-19,25-26H,2-4,14H2,1H3,(H,15,22)(H,16,21)(H,17,20)(H,23,24)/t5-,6+,7+,8+,9+/m1/s1. The highest BCUT2D eigenvalue weighted by molar-refractivity contribution is 7.80. The van der Waals surface area contributed by atoms with E-state index in [1.54, 1.807) is 0 Å². The lowest BCUT2D eigenvalue weighted by Gasteiger charge is -2.25. The number of nitrogens with two attached hydrogens (primary N) is 1. The van der Waals surface area contributed by atoms with Gasteiger partial charge in [0, 0.05) is 11.5 Å². The van der Waals surface area contributed by atoms with E-state index >= 15 is 0 Å². The summed E-state index contributed by atoms with van der Waals surface area (Å²) >= 11 is 7.63. The van der Waals surface area contributed by atoms with Crippen LogP contribution in [-0.2, 0) is 19.2 Å². The molecule has 0 rings (SSSR count). The SMILES string of the molecule is C[C@@H](O)[C@H](NC(=O)[C@@H](N)CS)C(=O)N[C@@H](CO)C(=O)N[C@@H](CS)C(=O)O. The van der Waals surface area contributed by atoms with Crippen molar-refractivity contribution in [3.05, 3.63) is 0 Å². The number of thiol groups is 2. The Bertz CT molecular complexity index is 521. The topological polar surface area (TPSA) is 191 Å². The fraction of sp³-hybridized carbons (Fsp3) is 0.692. The molecule has 0 aliphatic carbocycles. The minimum Gasteiger partial charge on any atom is -0.480 e. The lowest BCUT2D eigenvalue weighted by Crippen LogP contribution is -2.60. The lowest BCUT2D eigenvalue weighted by atomic mass is 10.1. The van der Waals surface area contributed by atoms with Crippen LogP contribution in [0.1, 0.15) is 6.92 Å². The van der Waals surface area contributed by atoms with Gasteiger partial charge in [-0.25, -0.2) is 4.79 Å². The van der Waals surface area contributed by atoms with Crippen molar-refractivity contribution in [2.75, 3.05) is 18.1 Å². The molecule has 0 unspecified atom stereocenters. The van der Waals surface area contributed by atoms with Crippen molar-refractivity contribution >= 4 is 48.9 Å². The zero-order chi connectivity index (χ0) is 20.4. The first-order chi connectivity index (χ1) is 12.1. The van der Waals surface area contributed by atoms with Gasteiger partial charge in [0.15, 0.2) is 0 Å². The molecule has 0 saturated heterocycles. The number of carbonyl (C=O) groups excluding carboxylic acids is 3. The van der Waals surface area contributed by atoms with Gasteiger partial charge in [-0.1, -0.05) is 0 Å². The minimum atomic E-state index is -1.50. The normalized spacial score (nSPS) is 16.5. The highest BCUT2D eigenvalue weighted by atomic mass is 32.1. The maximum absolute atomic E-state index is 12.2. The molecular formula is C13H24N4O7S2. The zero-order valence-electron chi connectivity index (χ0n) is 14.0. The summed E-state index contributed by atoms with van der Waals surface area (Å²) in [5.41, 5.74) is 5.47. The van der Waals surface area contributed by atoms with Gasteiger partial charge in [0.1, 0.15) is 18.1 Å². The van der Waals surface area contributed by atoms with Crippen LogP contribution in [0.4, 0.5) is 0 Å². The Labute approximate surface area is 160 Å². The quantitative estimate of drug-likeness (QED) is 0.154. The predicted molar refractivity (Wildman–Crippen MR) is 97.9 cm³/mol. The Morgan fingerprint density at radius 3 is 1.88 bits per heavy atom. The van der Waals surface area contributed by atoms with Crippen LogP contribution in [-0.4, -0.2) is 87.4 Å². The molecule has 150 valence electrons. The van der Waals surface area contributed by atoms with Crippen LogP contribution in [0.5, 0.6) is 0 Å². The second-order valence-corrected chi connectivity index (χ2v) is 6.07. The number of aliphatic hydroxyl groups excluding tert-OH is 2. The molecule has 0 aromatic heterocycles. The number of aliphatic carboxylic acids is 1. The van der Waals surface area contributed by atoms with Crippen LogP contribution in [0, 0.1) is 0 Å². The Morgan fingerprint density at radius 2 is 1.50 bits per heavy atom. The number of amides is 3. The highest BCUT2D eigenvalue weighted by Crippen LogP contribution is 1.98. The van der Waals surface area contributed by atoms with Crippen LogP contribution >= 0.6 is 25.3 Å². The fourth-order valence-corrected chi connectivity index (χ4v) is 2.08. The summed E-state index contributed by atoms with van der Waals surface area (Å²) in [6.45, 7) is 0.388. The summed E-state index contributed by atoms with van der Waals surface area (Å²) in [5.74, 6) is -4.22. The van der Waals surface area contributed by atoms with Crippen molar-refractivity contribution in [3.63, 3.8) is 0 Å². The number of carboxylic acids is 1. The van der Waals surface area contributed by atoms with Crippen LogP contribution in [0.2, 0.25) is 0 Å². The first-order valence-electron chi connectivity index (χ1n) is 7.49. The lowest BCUT2D eigenvalue weighted by molar-refractivity contribution is -0.142. The van der Waals surface area contributed by atoms with Gasteiger partial charge in [-0.3, -0.25) is 14.4 Å². The number of hydrogen-bond donors (Lipinski definition) is 9. The van der Waals surface area contributed by atoms with Gasteiger partial charge < -0.3 is 37.0 Å². The number of carbonyl (C=O) groups is 4. The van der Waals surface area contributed by atoms with Crippen molar-refractivity contribution in [2.45, 2.75) is 37.2 Å². The third kappa shape index (κ3) is 7.78. The molecule has 11 nitrogen and oxygen atoms in total. The molecule has 0 aliphatic heterocycles. The maximum atomic E-state index is 12.2. The van der Waals surface area contributed by atoms with Crippen LogP contribution < -0.4 is 21.7 Å². The molecule has 5 atom stereocenters. The van der Waals surface area contributed by atoms with E-state index in [1.165, 1.54) is 6.92 Å². The van der Waals surface area contributed by atoms with Crippen molar-refractivity contribution in [2.24, 2.45) is 5.73 Å². The molecule has 3 amide bonds. The molecule has 0 aliphatic rings. The van der Waals surface area contributed by atoms with E-state index in [-0.39, 0.29) is 11.5 Å². The molecule has 0 heterocycles. The first-order valence-corrected chi connectivity index (χ1v) is 8.75. The summed E-state index contributed by atoms with van der Waals surface area (Å²) in [7, 11) is 0. The van der Waals surface area contributed by atoms with E-state index in [1.807, 2.05) is 0 Å². The van der Waals surface area contributed by atoms with Gasteiger partial charge in [-0.2, -0.15) is 25.3 Å². The van der Waals surface area contributed by atoms with E-state index in [0.29, 0.717) is 0 Å². The summed E-state index contributed by atoms with van der Waals surface area (Å²) in [6, 6.07) is -5.29. The van der Waals surface area contributed by atoms with Crippen LogP contribution in [0.15, 0.2) is 0 Å². The third-order valence-corrected chi connectivity index (χ3v) is 3.97. The zero-order valence-corrected chi connectivity index (χ0v) is 15.7. The average molecular weight is 412 g/mol. The molecule has 0 aromatic carbocycles. The Hall–Kier alpha value is -1.54. The van der Waals surface area contributed by atoms with Crippen molar-refractivity contribution < 1.29 is 34.5 Å². The number of nitrogens with one attached hydrogen (secondary N) is 3. The smallest absolute Gasteiger partial charge is 0.327 e. The van der Waals surface area contributed by atoms with Crippen molar-refractivity contribution in [1.29, 1.82) is 0 Å². The van der Waals surface area contributed by atoms with E-state index in [9.17, 15) is 29.4 Å². The molecule has 26 heavy (non-hydrogen) atoms. The summed E-state index contributed by atoms with van der Waals surface area (Å²) in [4.78, 5) is 46.9. The van der Waals surface area contributed by atoms with Crippen molar-refractivity contribution in [1.82, 2.24) is 16.0 Å². The first kappa shape index (κ1) is 24.5. The van der Waals surface area contributed by atoms with E-state index in [4.69, 9.17) is 10.8 Å². The number of hydrogen-bond acceptors (Lipinski definition) is 9. The van der Waals surface area contributed by atoms with Crippen LogP contribution in [0.25, 0.3) is 0 Å². The maximum Gasteiger partial charge on any atom is 0.327 e. The fourth-order valence-electron chi connectivity index (χ4n) is 1.66. The predicted octanol–water partition coefficient (Wildman–Crippen LogP) is -3.91. The number of rotatable bonds is 11. The van der Waals surface area contributed by atoms with E-state index in [0.717, 1.165) is 0 Å². The minimum absolute atomic E-state index is 0.00194. The van der Waals surface area contributed by atoms with Gasteiger partial charge in [0.25, 0.3) is 0 Å². The monoisotopic (exact) mass is 412 g/mol. The van der Waals surface area contributed by atoms with Gasteiger partial charge >= 0.3 is 5.97 Å². The number of carboxylic acid groups (broad SMARTS) is 1. The van der Waals surface area contributed by atoms with Gasteiger partial charge in [0.05, 0.1) is 18.8 Å². The highest BCUT2D eigenvalue weighted by Gasteiger charge is 2.31. The molecule has 0 radical (unpaired) electrons. The third-order valence-electron chi connectivity index (χ3n) is 3.21. The number of aliphatic hydroxyl groups is 2. The second-order valence-electron chi connectivity index (χ2n) is 5.34. The van der Waals surface area contributed by atoms with Crippen LogP contribution in [0.3, 0.4) is 0 Å². The molecule has 0 spiro atoms. The summed E-state index contributed by atoms with van der Waals surface area (Å²) in [5, 5.41) is 34.3. The molecule has 0 saturated carbocycles. The average Bonchev–Trinajstić information content (AvgIpc) is 2.59. The van der Waals surface area contributed by atoms with E-state index in [2.05, 4.69) is 41.2 Å². The second kappa shape index (κ2) is 12.0. The van der Waals surface area contributed by atoms with Gasteiger partial charge in [-0.15, -0.1) is 0 Å². The Morgan fingerprint density at radius 1 is 0.962 bits per heavy atom. The molecule has 13 heteroatoms. The van der Waals surface area contributed by atoms with Gasteiger partial charge in [-0.05, 0) is 6.92 Å². The largest absolute Gasteiger partial charge is 0.480 e. The Kier molecular flexibility index (Phi) is 11.2. The summed E-state index contributed by atoms with van der Waals surface area (Å²) < 4.78 is 0. The Balaban J connectivity index is 5.04. The molecular weight excluding hydrogens is 388 g/mol. The van der Waals surface area contributed by atoms with Gasteiger partial charge in [0.2, 0.25) is 17.7 Å². The molecule has 0 aromatic rings. The summed E-state index contributed by atoms with van der Waals surface area (Å²) in [6.07, 6.45) is -1.34. The molecule has 0 fully saturated rings. The van der Waals surface area contributed by atoms with E-state index < -0.39 is 60.6 Å².